The molecule has 1 unspecified atom stereocenters. The van der Waals surface area contributed by atoms with Crippen LogP contribution in [0.1, 0.15) is 17.7 Å². The van der Waals surface area contributed by atoms with Crippen molar-refractivity contribution in [2.24, 2.45) is 0 Å². The summed E-state index contributed by atoms with van der Waals surface area (Å²) in [5, 5.41) is 5.50. The van der Waals surface area contributed by atoms with Crippen LogP contribution in [0.15, 0.2) is 18.2 Å². The Bertz CT molecular complexity index is 530. The lowest BCUT2D eigenvalue weighted by Crippen LogP contribution is -2.31. The maximum atomic E-state index is 6.01. The molecule has 2 N–H and O–H groups in total. The average molecular weight is 235 g/mol. The van der Waals surface area contributed by atoms with Gasteiger partial charge < -0.3 is 10.3 Å². The van der Waals surface area contributed by atoms with Crippen LogP contribution >= 0.6 is 11.6 Å². The van der Waals surface area contributed by atoms with Gasteiger partial charge in [0.25, 0.3) is 0 Å². The molecular formula is C13H15ClN2. The van der Waals surface area contributed by atoms with Crippen molar-refractivity contribution in [1.82, 2.24) is 10.3 Å². The zero-order valence-electron chi connectivity index (χ0n) is 9.31. The minimum atomic E-state index is 0.607. The molecule has 0 radical (unpaired) electrons. The molecule has 0 saturated carbocycles. The molecule has 2 aromatic rings. The minimum Gasteiger partial charge on any atom is -0.358 e. The average Bonchev–Trinajstić information content (AvgIpc) is 2.64. The highest BCUT2D eigenvalue weighted by atomic mass is 35.5. The number of rotatable bonds is 1. The van der Waals surface area contributed by atoms with E-state index in [0.717, 1.165) is 17.9 Å². The Labute approximate surface area is 100.0 Å². The number of hydrogen-bond donors (Lipinski definition) is 2. The first-order valence-corrected chi connectivity index (χ1v) is 6.12. The summed E-state index contributed by atoms with van der Waals surface area (Å²) in [6.07, 6.45) is 3.47. The van der Waals surface area contributed by atoms with E-state index in [-0.39, 0.29) is 0 Å². The molecule has 1 atom stereocenters. The molecule has 1 aromatic heterocycles. The highest BCUT2D eigenvalue weighted by Crippen LogP contribution is 2.30. The van der Waals surface area contributed by atoms with Gasteiger partial charge in [-0.2, -0.15) is 0 Å². The third-order valence-electron chi connectivity index (χ3n) is 3.56. The molecular weight excluding hydrogens is 220 g/mol. The number of nitrogens with one attached hydrogen (secondary N) is 2. The van der Waals surface area contributed by atoms with Gasteiger partial charge in [-0.25, -0.2) is 0 Å². The van der Waals surface area contributed by atoms with E-state index in [4.69, 9.17) is 11.6 Å². The Morgan fingerprint density at radius 3 is 3.12 bits per heavy atom. The van der Waals surface area contributed by atoms with Gasteiger partial charge in [-0.1, -0.05) is 17.7 Å². The van der Waals surface area contributed by atoms with E-state index in [2.05, 4.69) is 16.4 Å². The molecule has 0 saturated heterocycles. The standard InChI is InChI=1S/C13H15ClN2/c1-15-9-3-5-11-10-4-2-8(14)6-12(10)16-13(11)7-9/h2,4,6,9,15-16H,3,5,7H2,1H3. The Morgan fingerprint density at radius 1 is 1.44 bits per heavy atom. The highest BCUT2D eigenvalue weighted by Gasteiger charge is 2.20. The van der Waals surface area contributed by atoms with Gasteiger partial charge in [-0.15, -0.1) is 0 Å². The van der Waals surface area contributed by atoms with E-state index in [1.54, 1.807) is 0 Å². The van der Waals surface area contributed by atoms with Crippen molar-refractivity contribution in [2.75, 3.05) is 7.05 Å². The minimum absolute atomic E-state index is 0.607. The normalized spacial score (nSPS) is 20.0. The maximum Gasteiger partial charge on any atom is 0.0473 e. The molecule has 1 heterocycles. The monoisotopic (exact) mass is 234 g/mol. The van der Waals surface area contributed by atoms with Crippen LogP contribution in [-0.2, 0) is 12.8 Å². The number of H-pyrrole nitrogens is 1. The molecule has 0 spiro atoms. The number of likely N-dealkylation sites (N-methyl/N-ethyl adjacent to an activating group) is 1. The molecule has 3 rings (SSSR count). The smallest absolute Gasteiger partial charge is 0.0473 e. The summed E-state index contributed by atoms with van der Waals surface area (Å²) in [5.74, 6) is 0. The van der Waals surface area contributed by atoms with Crippen LogP contribution in [0.3, 0.4) is 0 Å². The molecule has 2 nitrogen and oxygen atoms in total. The van der Waals surface area contributed by atoms with E-state index >= 15 is 0 Å². The Morgan fingerprint density at radius 2 is 2.31 bits per heavy atom. The molecule has 0 amide bonds. The first-order valence-electron chi connectivity index (χ1n) is 5.74. The SMILES string of the molecule is CNC1CCc2c([nH]c3cc(Cl)ccc23)C1. The highest BCUT2D eigenvalue weighted by molar-refractivity contribution is 6.31. The number of fused-ring (bicyclic) bond motifs is 3. The topological polar surface area (TPSA) is 27.8 Å². The molecule has 0 aliphatic heterocycles. The maximum absolute atomic E-state index is 6.01. The number of halogens is 1. The number of aryl methyl sites for hydroxylation is 1. The van der Waals surface area contributed by atoms with E-state index < -0.39 is 0 Å². The fourth-order valence-electron chi connectivity index (χ4n) is 2.66. The second-order valence-corrected chi connectivity index (χ2v) is 4.94. The molecule has 1 aliphatic carbocycles. The second kappa shape index (κ2) is 3.79. The third kappa shape index (κ3) is 1.53. The quantitative estimate of drug-likeness (QED) is 0.780. The number of aromatic nitrogens is 1. The summed E-state index contributed by atoms with van der Waals surface area (Å²) >= 11 is 6.01. The van der Waals surface area contributed by atoms with Crippen LogP contribution < -0.4 is 5.32 Å². The van der Waals surface area contributed by atoms with Crippen LogP contribution in [-0.4, -0.2) is 18.1 Å². The Kier molecular flexibility index (Phi) is 2.41. The van der Waals surface area contributed by atoms with Gasteiger partial charge in [0.1, 0.15) is 0 Å². The largest absolute Gasteiger partial charge is 0.358 e. The molecule has 1 aliphatic rings. The van der Waals surface area contributed by atoms with Gasteiger partial charge in [0.05, 0.1) is 0 Å². The summed E-state index contributed by atoms with van der Waals surface area (Å²) in [7, 11) is 2.04. The summed E-state index contributed by atoms with van der Waals surface area (Å²) in [5.41, 5.74) is 4.04. The first-order chi connectivity index (χ1) is 7.78. The van der Waals surface area contributed by atoms with Gasteiger partial charge in [-0.05, 0) is 37.6 Å². The van der Waals surface area contributed by atoms with Crippen molar-refractivity contribution in [3.05, 3.63) is 34.5 Å². The lowest BCUT2D eigenvalue weighted by molar-refractivity contribution is 0.493. The van der Waals surface area contributed by atoms with Gasteiger partial charge >= 0.3 is 0 Å². The summed E-state index contributed by atoms with van der Waals surface area (Å²) in [4.78, 5) is 3.50. The lowest BCUT2D eigenvalue weighted by Gasteiger charge is -2.21. The number of benzene rings is 1. The lowest BCUT2D eigenvalue weighted by atomic mass is 9.92. The molecule has 16 heavy (non-hydrogen) atoms. The third-order valence-corrected chi connectivity index (χ3v) is 3.79. The van der Waals surface area contributed by atoms with Crippen molar-refractivity contribution >= 4 is 22.5 Å². The van der Waals surface area contributed by atoms with Crippen LogP contribution in [0.2, 0.25) is 5.02 Å². The fourth-order valence-corrected chi connectivity index (χ4v) is 2.83. The van der Waals surface area contributed by atoms with Crippen molar-refractivity contribution < 1.29 is 0 Å². The summed E-state index contributed by atoms with van der Waals surface area (Å²) < 4.78 is 0. The molecule has 0 fully saturated rings. The Balaban J connectivity index is 2.12. The van der Waals surface area contributed by atoms with Gasteiger partial charge in [0.15, 0.2) is 0 Å². The van der Waals surface area contributed by atoms with Gasteiger partial charge in [-0.3, -0.25) is 0 Å². The number of hydrogen-bond acceptors (Lipinski definition) is 1. The van der Waals surface area contributed by atoms with E-state index in [0.29, 0.717) is 6.04 Å². The zero-order chi connectivity index (χ0) is 11.1. The van der Waals surface area contributed by atoms with Crippen LogP contribution in [0.25, 0.3) is 10.9 Å². The van der Waals surface area contributed by atoms with Crippen LogP contribution in [0.4, 0.5) is 0 Å². The zero-order valence-corrected chi connectivity index (χ0v) is 10.1. The fraction of sp³-hybridized carbons (Fsp3) is 0.385. The molecule has 1 aromatic carbocycles. The first kappa shape index (κ1) is 10.2. The van der Waals surface area contributed by atoms with E-state index in [1.807, 2.05) is 19.2 Å². The predicted octanol–water partition coefficient (Wildman–Crippen LogP) is 2.90. The summed E-state index contributed by atoms with van der Waals surface area (Å²) in [6, 6.07) is 6.73. The molecule has 84 valence electrons. The molecule has 0 bridgehead atoms. The van der Waals surface area contributed by atoms with Crippen molar-refractivity contribution in [3.8, 4) is 0 Å². The summed E-state index contributed by atoms with van der Waals surface area (Å²) in [6.45, 7) is 0. The van der Waals surface area contributed by atoms with E-state index in [9.17, 15) is 0 Å². The predicted molar refractivity (Wildman–Crippen MR) is 68.2 cm³/mol. The Hall–Kier alpha value is -0.990. The van der Waals surface area contributed by atoms with Gasteiger partial charge in [0.2, 0.25) is 0 Å². The van der Waals surface area contributed by atoms with Crippen LogP contribution in [0.5, 0.6) is 0 Å². The van der Waals surface area contributed by atoms with Gasteiger partial charge in [0, 0.05) is 34.1 Å². The number of aromatic amines is 1. The van der Waals surface area contributed by atoms with Crippen LogP contribution in [0, 0.1) is 0 Å². The van der Waals surface area contributed by atoms with Crippen molar-refractivity contribution in [3.63, 3.8) is 0 Å². The van der Waals surface area contributed by atoms with Crippen molar-refractivity contribution in [1.29, 1.82) is 0 Å². The molecule has 3 heteroatoms. The second-order valence-electron chi connectivity index (χ2n) is 4.50. The van der Waals surface area contributed by atoms with E-state index in [1.165, 1.54) is 28.6 Å². The van der Waals surface area contributed by atoms with Crippen molar-refractivity contribution in [2.45, 2.75) is 25.3 Å².